The molecule has 0 amide bonds. The van der Waals surface area contributed by atoms with Crippen molar-refractivity contribution in [1.82, 2.24) is 9.88 Å². The van der Waals surface area contributed by atoms with Gasteiger partial charge < -0.3 is 5.11 Å². The van der Waals surface area contributed by atoms with Crippen molar-refractivity contribution in [2.75, 3.05) is 13.1 Å². The highest BCUT2D eigenvalue weighted by Crippen LogP contribution is 2.23. The molecule has 0 aliphatic carbocycles. The molecule has 1 N–H and O–H groups in total. The van der Waals surface area contributed by atoms with Crippen molar-refractivity contribution in [2.45, 2.75) is 13.0 Å². The second-order valence-electron chi connectivity index (χ2n) is 6.81. The Morgan fingerprint density at radius 3 is 2.78 bits per heavy atom. The Morgan fingerprint density at radius 2 is 1.96 bits per heavy atom. The second-order valence-corrected chi connectivity index (χ2v) is 7.73. The molecule has 0 saturated heterocycles. The van der Waals surface area contributed by atoms with Crippen LogP contribution in [-0.4, -0.2) is 28.1 Å². The molecule has 0 unspecified atom stereocenters. The molecule has 2 aromatic carbocycles. The molecular formula is C23H21BrN2O. The minimum atomic E-state index is 0.225. The predicted octanol–water partition coefficient (Wildman–Crippen LogP) is 5.55. The SMILES string of the molecule is Oc1cccc2ccc(C=CC3=CCN(Cc4cccc(Br)c4)CC3)nc12. The van der Waals surface area contributed by atoms with Crippen LogP contribution in [0.25, 0.3) is 17.0 Å². The zero-order valence-corrected chi connectivity index (χ0v) is 16.6. The van der Waals surface area contributed by atoms with E-state index in [1.54, 1.807) is 6.07 Å². The fourth-order valence-corrected chi connectivity index (χ4v) is 3.79. The summed E-state index contributed by atoms with van der Waals surface area (Å²) in [6.45, 7) is 2.98. The first kappa shape index (κ1) is 18.0. The molecule has 1 aromatic heterocycles. The molecule has 1 aliphatic heterocycles. The number of para-hydroxylation sites is 1. The number of benzene rings is 2. The van der Waals surface area contributed by atoms with Crippen molar-refractivity contribution < 1.29 is 5.11 Å². The second kappa shape index (κ2) is 8.07. The van der Waals surface area contributed by atoms with E-state index < -0.39 is 0 Å². The number of phenolic OH excluding ortho intramolecular Hbond substituents is 1. The van der Waals surface area contributed by atoms with E-state index in [4.69, 9.17) is 0 Å². The highest BCUT2D eigenvalue weighted by Gasteiger charge is 2.11. The van der Waals surface area contributed by atoms with E-state index in [2.05, 4.69) is 62.2 Å². The molecule has 27 heavy (non-hydrogen) atoms. The molecule has 0 spiro atoms. The average molecular weight is 421 g/mol. The Balaban J connectivity index is 1.42. The van der Waals surface area contributed by atoms with Crippen LogP contribution in [0.15, 0.2) is 76.8 Å². The summed E-state index contributed by atoms with van der Waals surface area (Å²) >= 11 is 3.54. The molecule has 0 atom stereocenters. The number of fused-ring (bicyclic) bond motifs is 1. The van der Waals surface area contributed by atoms with Crippen molar-refractivity contribution in [3.63, 3.8) is 0 Å². The Labute approximate surface area is 167 Å². The van der Waals surface area contributed by atoms with Crippen LogP contribution in [0.5, 0.6) is 5.75 Å². The number of hydrogen-bond acceptors (Lipinski definition) is 3. The van der Waals surface area contributed by atoms with E-state index in [0.717, 1.165) is 41.6 Å². The molecule has 1 aliphatic rings. The van der Waals surface area contributed by atoms with Gasteiger partial charge >= 0.3 is 0 Å². The molecule has 0 bridgehead atoms. The van der Waals surface area contributed by atoms with Gasteiger partial charge in [0.2, 0.25) is 0 Å². The fourth-order valence-electron chi connectivity index (χ4n) is 3.35. The number of halogens is 1. The molecule has 4 heteroatoms. The van der Waals surface area contributed by atoms with E-state index in [1.165, 1.54) is 11.1 Å². The number of aromatic nitrogens is 1. The van der Waals surface area contributed by atoms with Crippen molar-refractivity contribution in [3.8, 4) is 5.75 Å². The summed E-state index contributed by atoms with van der Waals surface area (Å²) in [6, 6.07) is 17.9. The maximum atomic E-state index is 9.97. The maximum Gasteiger partial charge on any atom is 0.141 e. The van der Waals surface area contributed by atoms with Crippen LogP contribution >= 0.6 is 15.9 Å². The van der Waals surface area contributed by atoms with Gasteiger partial charge in [0.25, 0.3) is 0 Å². The number of nitrogens with zero attached hydrogens (tertiary/aromatic N) is 2. The number of hydrogen-bond donors (Lipinski definition) is 1. The smallest absolute Gasteiger partial charge is 0.141 e. The van der Waals surface area contributed by atoms with Crippen molar-refractivity contribution >= 4 is 32.9 Å². The van der Waals surface area contributed by atoms with Crippen LogP contribution in [0.2, 0.25) is 0 Å². The van der Waals surface area contributed by atoms with Gasteiger partial charge in [0.15, 0.2) is 0 Å². The van der Waals surface area contributed by atoms with E-state index in [-0.39, 0.29) is 5.75 Å². The summed E-state index contributed by atoms with van der Waals surface area (Å²) in [5.74, 6) is 0.225. The number of rotatable bonds is 4. The molecule has 0 radical (unpaired) electrons. The van der Waals surface area contributed by atoms with Gasteiger partial charge in [-0.1, -0.05) is 58.4 Å². The molecule has 2 heterocycles. The number of phenols is 1. The highest BCUT2D eigenvalue weighted by atomic mass is 79.9. The van der Waals surface area contributed by atoms with Crippen molar-refractivity contribution in [2.24, 2.45) is 0 Å². The van der Waals surface area contributed by atoms with Crippen molar-refractivity contribution in [1.29, 1.82) is 0 Å². The summed E-state index contributed by atoms with van der Waals surface area (Å²) in [7, 11) is 0. The lowest BCUT2D eigenvalue weighted by atomic mass is 10.1. The molecule has 4 rings (SSSR count). The molecule has 0 saturated carbocycles. The monoisotopic (exact) mass is 420 g/mol. The van der Waals surface area contributed by atoms with Crippen molar-refractivity contribution in [3.05, 3.63) is 88.1 Å². The molecule has 136 valence electrons. The lowest BCUT2D eigenvalue weighted by molar-refractivity contribution is 0.287. The van der Waals surface area contributed by atoms with Gasteiger partial charge in [-0.3, -0.25) is 4.90 Å². The van der Waals surface area contributed by atoms with Gasteiger partial charge in [0, 0.05) is 29.5 Å². The number of aromatic hydroxyl groups is 1. The highest BCUT2D eigenvalue weighted by molar-refractivity contribution is 9.10. The van der Waals surface area contributed by atoms with Gasteiger partial charge in [-0.2, -0.15) is 0 Å². The van der Waals surface area contributed by atoms with Crippen LogP contribution in [0.1, 0.15) is 17.7 Å². The summed E-state index contributed by atoms with van der Waals surface area (Å²) in [6.07, 6.45) is 7.49. The number of allylic oxidation sites excluding steroid dienone is 1. The topological polar surface area (TPSA) is 36.4 Å². The predicted molar refractivity (Wildman–Crippen MR) is 115 cm³/mol. The Morgan fingerprint density at radius 1 is 1.07 bits per heavy atom. The van der Waals surface area contributed by atoms with E-state index >= 15 is 0 Å². The van der Waals surface area contributed by atoms with Gasteiger partial charge in [-0.25, -0.2) is 4.98 Å². The molecule has 0 fully saturated rings. The van der Waals surface area contributed by atoms with Gasteiger partial charge in [0.05, 0.1) is 5.69 Å². The first-order chi connectivity index (χ1) is 13.2. The largest absolute Gasteiger partial charge is 0.506 e. The standard InChI is InChI=1S/C23H21BrN2O/c24-20-5-1-3-18(15-20)16-26-13-11-17(12-14-26)7-9-21-10-8-19-4-2-6-22(27)23(19)25-21/h1-11,15,27H,12-14,16H2. The number of pyridine rings is 1. The summed E-state index contributed by atoms with van der Waals surface area (Å²) in [5.41, 5.74) is 4.18. The third kappa shape index (κ3) is 4.46. The average Bonchev–Trinajstić information content (AvgIpc) is 2.68. The first-order valence-corrected chi connectivity index (χ1v) is 9.89. The third-order valence-corrected chi connectivity index (χ3v) is 5.31. The van der Waals surface area contributed by atoms with E-state index in [9.17, 15) is 5.11 Å². The van der Waals surface area contributed by atoms with Crippen LogP contribution in [0.3, 0.4) is 0 Å². The van der Waals surface area contributed by atoms with Crippen LogP contribution in [0.4, 0.5) is 0 Å². The Kier molecular flexibility index (Phi) is 5.37. The Bertz CT molecular complexity index is 1030. The van der Waals surface area contributed by atoms with Crippen LogP contribution in [-0.2, 0) is 6.54 Å². The van der Waals surface area contributed by atoms with Crippen LogP contribution < -0.4 is 0 Å². The lowest BCUT2D eigenvalue weighted by Gasteiger charge is -2.25. The fraction of sp³-hybridized carbons (Fsp3) is 0.174. The normalized spacial score (nSPS) is 15.4. The quantitative estimate of drug-likeness (QED) is 0.600. The summed E-state index contributed by atoms with van der Waals surface area (Å²) in [4.78, 5) is 7.01. The summed E-state index contributed by atoms with van der Waals surface area (Å²) in [5, 5.41) is 10.9. The maximum absolute atomic E-state index is 9.97. The lowest BCUT2D eigenvalue weighted by Crippen LogP contribution is -2.28. The van der Waals surface area contributed by atoms with E-state index in [1.807, 2.05) is 30.3 Å². The molecular weight excluding hydrogens is 400 g/mol. The minimum absolute atomic E-state index is 0.225. The third-order valence-electron chi connectivity index (χ3n) is 4.81. The van der Waals surface area contributed by atoms with Gasteiger partial charge in [0.1, 0.15) is 11.3 Å². The van der Waals surface area contributed by atoms with Gasteiger partial charge in [-0.15, -0.1) is 0 Å². The Hall–Kier alpha value is -2.43. The van der Waals surface area contributed by atoms with Gasteiger partial charge in [-0.05, 0) is 47.9 Å². The summed E-state index contributed by atoms with van der Waals surface area (Å²) < 4.78 is 1.13. The molecule has 3 aromatic rings. The van der Waals surface area contributed by atoms with E-state index in [0.29, 0.717) is 5.52 Å². The minimum Gasteiger partial charge on any atom is -0.506 e. The molecule has 3 nitrogen and oxygen atoms in total. The van der Waals surface area contributed by atoms with Crippen LogP contribution in [0, 0.1) is 0 Å². The zero-order chi connectivity index (χ0) is 18.6. The first-order valence-electron chi connectivity index (χ1n) is 9.10. The zero-order valence-electron chi connectivity index (χ0n) is 15.0.